The third-order valence-electron chi connectivity index (χ3n) is 3.03. The molecule has 0 N–H and O–H groups in total. The maximum Gasteiger partial charge on any atom is 0.123 e. The van der Waals surface area contributed by atoms with E-state index in [1.165, 1.54) is 12.1 Å². The number of hydrogen-bond donors (Lipinski definition) is 0. The molecule has 0 atom stereocenters. The lowest BCUT2D eigenvalue weighted by atomic mass is 10.0. The molecule has 0 bridgehead atoms. The summed E-state index contributed by atoms with van der Waals surface area (Å²) in [6.07, 6.45) is 5.80. The van der Waals surface area contributed by atoms with Crippen molar-refractivity contribution in [2.75, 3.05) is 0 Å². The van der Waals surface area contributed by atoms with Crippen LogP contribution in [0.25, 0.3) is 23.3 Å². The fourth-order valence-corrected chi connectivity index (χ4v) is 3.00. The molecular weight excluding hydrogens is 349 g/mol. The minimum atomic E-state index is -0.221. The van der Waals surface area contributed by atoms with Crippen LogP contribution in [0.5, 0.6) is 0 Å². The van der Waals surface area contributed by atoms with Gasteiger partial charge in [-0.15, -0.1) is 11.3 Å². The molecule has 0 fully saturated rings. The van der Waals surface area contributed by atoms with E-state index in [1.807, 2.05) is 35.7 Å². The first-order chi connectivity index (χ1) is 10.2. The minimum Gasteiger partial charge on any atom is -0.245 e. The average molecular weight is 360 g/mol. The molecule has 3 rings (SSSR count). The second-order valence-electron chi connectivity index (χ2n) is 4.45. The maximum absolute atomic E-state index is 13.0. The highest BCUT2D eigenvalue weighted by Gasteiger charge is 2.02. The van der Waals surface area contributed by atoms with Crippen molar-refractivity contribution in [1.29, 1.82) is 0 Å². The highest BCUT2D eigenvalue weighted by atomic mass is 79.9. The standard InChI is InChI=1S/C17H11BrFNS/c18-16-11-14(12-3-6-15(19)7-4-12)2-1-13(16)5-8-17-20-9-10-21-17/h1-11H. The van der Waals surface area contributed by atoms with Crippen LogP contribution < -0.4 is 0 Å². The molecule has 3 aromatic rings. The Balaban J connectivity index is 1.87. The highest BCUT2D eigenvalue weighted by molar-refractivity contribution is 9.10. The Labute approximate surface area is 134 Å². The van der Waals surface area contributed by atoms with Gasteiger partial charge in [0.15, 0.2) is 0 Å². The topological polar surface area (TPSA) is 12.9 Å². The number of rotatable bonds is 3. The first-order valence-electron chi connectivity index (χ1n) is 6.35. The van der Waals surface area contributed by atoms with Crippen LogP contribution in [0.4, 0.5) is 4.39 Å². The Morgan fingerprint density at radius 2 is 1.76 bits per heavy atom. The molecule has 1 heterocycles. The van der Waals surface area contributed by atoms with Crippen molar-refractivity contribution in [3.8, 4) is 11.1 Å². The third-order valence-corrected chi connectivity index (χ3v) is 4.46. The zero-order valence-corrected chi connectivity index (χ0v) is 13.4. The molecule has 0 unspecified atom stereocenters. The van der Waals surface area contributed by atoms with Crippen molar-refractivity contribution in [2.24, 2.45) is 0 Å². The van der Waals surface area contributed by atoms with E-state index in [0.29, 0.717) is 0 Å². The molecule has 0 saturated heterocycles. The van der Waals surface area contributed by atoms with E-state index in [-0.39, 0.29) is 5.82 Å². The van der Waals surface area contributed by atoms with Crippen molar-refractivity contribution in [3.63, 3.8) is 0 Å². The summed E-state index contributed by atoms with van der Waals surface area (Å²) in [5.41, 5.74) is 3.12. The number of thiazole rings is 1. The number of halogens is 2. The molecule has 0 aliphatic heterocycles. The molecule has 0 aliphatic rings. The van der Waals surface area contributed by atoms with Gasteiger partial charge in [0, 0.05) is 16.0 Å². The third kappa shape index (κ3) is 3.46. The molecule has 1 aromatic heterocycles. The van der Waals surface area contributed by atoms with Gasteiger partial charge in [0.2, 0.25) is 0 Å². The molecule has 104 valence electrons. The van der Waals surface area contributed by atoms with Crippen LogP contribution in [0, 0.1) is 5.82 Å². The molecule has 4 heteroatoms. The van der Waals surface area contributed by atoms with E-state index < -0.39 is 0 Å². The number of nitrogens with zero attached hydrogens (tertiary/aromatic N) is 1. The molecule has 2 aromatic carbocycles. The van der Waals surface area contributed by atoms with Crippen molar-refractivity contribution >= 4 is 39.4 Å². The van der Waals surface area contributed by atoms with Crippen LogP contribution in [0.15, 0.2) is 58.5 Å². The lowest BCUT2D eigenvalue weighted by molar-refractivity contribution is 0.628. The first kappa shape index (κ1) is 14.2. The molecule has 0 saturated carbocycles. The zero-order valence-electron chi connectivity index (χ0n) is 11.0. The molecule has 0 radical (unpaired) electrons. The Morgan fingerprint density at radius 3 is 2.43 bits per heavy atom. The fraction of sp³-hybridized carbons (Fsp3) is 0. The van der Waals surface area contributed by atoms with E-state index in [2.05, 4.69) is 20.9 Å². The Morgan fingerprint density at radius 1 is 1.00 bits per heavy atom. The minimum absolute atomic E-state index is 0.221. The van der Waals surface area contributed by atoms with Crippen LogP contribution in [-0.2, 0) is 0 Å². The Kier molecular flexibility index (Phi) is 4.27. The summed E-state index contributed by atoms with van der Waals surface area (Å²) in [5, 5.41) is 2.93. The predicted molar refractivity (Wildman–Crippen MR) is 90.6 cm³/mol. The largest absolute Gasteiger partial charge is 0.245 e. The molecule has 0 aliphatic carbocycles. The van der Waals surface area contributed by atoms with Crippen LogP contribution >= 0.6 is 27.3 Å². The summed E-state index contributed by atoms with van der Waals surface area (Å²) in [6.45, 7) is 0. The summed E-state index contributed by atoms with van der Waals surface area (Å²) in [6, 6.07) is 12.6. The molecule has 21 heavy (non-hydrogen) atoms. The van der Waals surface area contributed by atoms with Gasteiger partial charge >= 0.3 is 0 Å². The second-order valence-corrected chi connectivity index (χ2v) is 6.23. The number of hydrogen-bond acceptors (Lipinski definition) is 2. The molecule has 0 amide bonds. The summed E-state index contributed by atoms with van der Waals surface area (Å²) in [4.78, 5) is 4.22. The van der Waals surface area contributed by atoms with E-state index in [1.54, 1.807) is 29.7 Å². The quantitative estimate of drug-likeness (QED) is 0.568. The van der Waals surface area contributed by atoms with Crippen LogP contribution in [0.1, 0.15) is 10.6 Å². The predicted octanol–water partition coefficient (Wildman–Crippen LogP) is 5.88. The van der Waals surface area contributed by atoms with Gasteiger partial charge < -0.3 is 0 Å². The number of aromatic nitrogens is 1. The van der Waals surface area contributed by atoms with Gasteiger partial charge in [-0.1, -0.05) is 46.3 Å². The molecular formula is C17H11BrFNS. The lowest BCUT2D eigenvalue weighted by Crippen LogP contribution is -1.82. The van der Waals surface area contributed by atoms with Gasteiger partial charge in [0.25, 0.3) is 0 Å². The zero-order chi connectivity index (χ0) is 14.7. The van der Waals surface area contributed by atoms with Crippen LogP contribution in [-0.4, -0.2) is 4.98 Å². The maximum atomic E-state index is 13.0. The van der Waals surface area contributed by atoms with Crippen LogP contribution in [0.2, 0.25) is 0 Å². The summed E-state index contributed by atoms with van der Waals surface area (Å²) < 4.78 is 14.0. The van der Waals surface area contributed by atoms with Crippen molar-refractivity contribution in [1.82, 2.24) is 4.98 Å². The summed E-state index contributed by atoms with van der Waals surface area (Å²) in [5.74, 6) is -0.221. The number of benzene rings is 2. The van der Waals surface area contributed by atoms with E-state index in [9.17, 15) is 4.39 Å². The van der Waals surface area contributed by atoms with Gasteiger partial charge in [-0.05, 0) is 41.0 Å². The van der Waals surface area contributed by atoms with Crippen molar-refractivity contribution in [2.45, 2.75) is 0 Å². The van der Waals surface area contributed by atoms with Gasteiger partial charge in [0.05, 0.1) is 0 Å². The lowest BCUT2D eigenvalue weighted by Gasteiger charge is -2.05. The van der Waals surface area contributed by atoms with Crippen molar-refractivity contribution in [3.05, 3.63) is 74.9 Å². The average Bonchev–Trinajstić information content (AvgIpc) is 3.00. The SMILES string of the molecule is Fc1ccc(-c2ccc(C=Cc3nccs3)c(Br)c2)cc1. The van der Waals surface area contributed by atoms with E-state index >= 15 is 0 Å². The van der Waals surface area contributed by atoms with Gasteiger partial charge in [-0.25, -0.2) is 9.37 Å². The second kappa shape index (κ2) is 6.33. The highest BCUT2D eigenvalue weighted by Crippen LogP contribution is 2.27. The van der Waals surface area contributed by atoms with Gasteiger partial charge in [0.1, 0.15) is 10.8 Å². The Hall–Kier alpha value is -1.78. The monoisotopic (exact) mass is 359 g/mol. The smallest absolute Gasteiger partial charge is 0.123 e. The molecule has 1 nitrogen and oxygen atoms in total. The van der Waals surface area contributed by atoms with Crippen LogP contribution in [0.3, 0.4) is 0 Å². The normalized spacial score (nSPS) is 11.1. The first-order valence-corrected chi connectivity index (χ1v) is 8.03. The van der Waals surface area contributed by atoms with E-state index in [0.717, 1.165) is 26.2 Å². The van der Waals surface area contributed by atoms with Gasteiger partial charge in [-0.2, -0.15) is 0 Å². The fourth-order valence-electron chi connectivity index (χ4n) is 1.96. The summed E-state index contributed by atoms with van der Waals surface area (Å²) in [7, 11) is 0. The Bertz CT molecular complexity index is 764. The van der Waals surface area contributed by atoms with E-state index in [4.69, 9.17) is 0 Å². The van der Waals surface area contributed by atoms with Crippen molar-refractivity contribution < 1.29 is 4.39 Å². The molecule has 0 spiro atoms. The van der Waals surface area contributed by atoms with Gasteiger partial charge in [-0.3, -0.25) is 0 Å². The summed E-state index contributed by atoms with van der Waals surface area (Å²) >= 11 is 5.18.